The second kappa shape index (κ2) is 8.43. The first-order valence-corrected chi connectivity index (χ1v) is 2.29. The standard InChI is InChI=1S/C6H8O2.Sr.2H/c1-2-3-4-5-6(7)8;;;/h2-5H,1H3,(H,7,8);;;/q;+2;2*-1. The third kappa shape index (κ3) is 11.8. The van der Waals surface area contributed by atoms with Gasteiger partial charge in [-0.2, -0.15) is 0 Å². The SMILES string of the molecule is CC=CC=CC(=O)O.[H-].[H-].[Sr+2]. The summed E-state index contributed by atoms with van der Waals surface area (Å²) in [4.78, 5) is 9.75. The fourth-order valence-electron chi connectivity index (χ4n) is 0.249. The van der Waals surface area contributed by atoms with Gasteiger partial charge >= 0.3 is 51.5 Å². The Kier molecular flexibility index (Phi) is 11.4. The molecule has 0 spiro atoms. The molecule has 1 N–H and O–H groups in total. The van der Waals surface area contributed by atoms with Crippen LogP contribution in [-0.4, -0.2) is 56.6 Å². The third-order valence-electron chi connectivity index (χ3n) is 0.542. The van der Waals surface area contributed by atoms with Gasteiger partial charge in [0.15, 0.2) is 0 Å². The molecule has 0 saturated heterocycles. The van der Waals surface area contributed by atoms with E-state index in [4.69, 9.17) is 5.11 Å². The Hall–Kier alpha value is 0.431. The molecule has 48 valence electrons. The molecule has 0 heterocycles. The van der Waals surface area contributed by atoms with Crippen molar-refractivity contribution in [3.63, 3.8) is 0 Å². The van der Waals surface area contributed by atoms with Gasteiger partial charge in [0.2, 0.25) is 0 Å². The fourth-order valence-corrected chi connectivity index (χ4v) is 0.249. The summed E-state index contributed by atoms with van der Waals surface area (Å²) in [5.41, 5.74) is 0. The number of hydrogen-bond donors (Lipinski definition) is 1. The van der Waals surface area contributed by atoms with E-state index in [1.807, 2.05) is 6.92 Å². The molecule has 0 aliphatic heterocycles. The average Bonchev–Trinajstić information content (AvgIpc) is 1.66. The molecule has 0 aromatic heterocycles. The molecule has 0 aromatic carbocycles. The molecule has 0 aliphatic rings. The van der Waals surface area contributed by atoms with Crippen LogP contribution in [0.15, 0.2) is 24.3 Å². The minimum Gasteiger partial charge on any atom is -1.00 e. The normalized spacial score (nSPS) is 9.89. The molecular formula is C6H10O2Sr. The Bertz CT molecular complexity index is 135. The van der Waals surface area contributed by atoms with Gasteiger partial charge in [-0.1, -0.05) is 18.2 Å². The average molecular weight is 202 g/mol. The van der Waals surface area contributed by atoms with Crippen LogP contribution in [0.2, 0.25) is 0 Å². The van der Waals surface area contributed by atoms with E-state index in [-0.39, 0.29) is 48.3 Å². The Balaban J connectivity index is -0.0000000817. The van der Waals surface area contributed by atoms with Crippen molar-refractivity contribution >= 4 is 51.5 Å². The van der Waals surface area contributed by atoms with Crippen molar-refractivity contribution in [1.82, 2.24) is 0 Å². The summed E-state index contributed by atoms with van der Waals surface area (Å²) in [7, 11) is 0. The zero-order chi connectivity index (χ0) is 6.41. The maximum absolute atomic E-state index is 9.75. The topological polar surface area (TPSA) is 37.3 Å². The summed E-state index contributed by atoms with van der Waals surface area (Å²) in [6.07, 6.45) is 5.98. The molecule has 0 aliphatic carbocycles. The van der Waals surface area contributed by atoms with Gasteiger partial charge in [0.05, 0.1) is 0 Å². The first kappa shape index (κ1) is 12.1. The van der Waals surface area contributed by atoms with Crippen LogP contribution < -0.4 is 0 Å². The number of carboxylic acid groups (broad SMARTS) is 1. The number of hydrogen-bond acceptors (Lipinski definition) is 1. The molecule has 9 heavy (non-hydrogen) atoms. The van der Waals surface area contributed by atoms with Gasteiger partial charge in [0, 0.05) is 6.08 Å². The van der Waals surface area contributed by atoms with E-state index in [0.717, 1.165) is 6.08 Å². The maximum atomic E-state index is 9.75. The molecule has 0 unspecified atom stereocenters. The van der Waals surface area contributed by atoms with Crippen LogP contribution in [0.1, 0.15) is 9.78 Å². The number of carbonyl (C=O) groups is 1. The molecule has 0 aromatic rings. The van der Waals surface area contributed by atoms with Crippen molar-refractivity contribution in [1.29, 1.82) is 0 Å². The smallest absolute Gasteiger partial charge is 1.00 e. The first-order chi connectivity index (χ1) is 3.77. The van der Waals surface area contributed by atoms with Gasteiger partial charge in [0.25, 0.3) is 0 Å². The van der Waals surface area contributed by atoms with Crippen LogP contribution in [0.3, 0.4) is 0 Å². The van der Waals surface area contributed by atoms with Gasteiger partial charge in [-0.3, -0.25) is 0 Å². The van der Waals surface area contributed by atoms with E-state index in [1.54, 1.807) is 12.2 Å². The minimum absolute atomic E-state index is 0. The Labute approximate surface area is 94.5 Å². The van der Waals surface area contributed by atoms with E-state index in [0.29, 0.717) is 0 Å². The third-order valence-corrected chi connectivity index (χ3v) is 0.542. The van der Waals surface area contributed by atoms with Crippen molar-refractivity contribution < 1.29 is 12.8 Å². The van der Waals surface area contributed by atoms with E-state index in [2.05, 4.69) is 0 Å². The first-order valence-electron chi connectivity index (χ1n) is 2.29. The predicted octanol–water partition coefficient (Wildman–Crippen LogP) is 1.05. The zero-order valence-electron chi connectivity index (χ0n) is 7.37. The van der Waals surface area contributed by atoms with Crippen LogP contribution in [0.5, 0.6) is 0 Å². The number of carboxylic acids is 1. The second-order valence-electron chi connectivity index (χ2n) is 1.22. The summed E-state index contributed by atoms with van der Waals surface area (Å²) in [5.74, 6) is -0.914. The molecule has 3 heteroatoms. The summed E-state index contributed by atoms with van der Waals surface area (Å²) < 4.78 is 0. The van der Waals surface area contributed by atoms with Crippen molar-refractivity contribution in [3.05, 3.63) is 24.3 Å². The van der Waals surface area contributed by atoms with Crippen molar-refractivity contribution in [2.24, 2.45) is 0 Å². The molecular weight excluding hydrogens is 192 g/mol. The Morgan fingerprint density at radius 3 is 2.44 bits per heavy atom. The molecule has 0 fully saturated rings. The minimum atomic E-state index is -0.914. The van der Waals surface area contributed by atoms with Crippen molar-refractivity contribution in [2.75, 3.05) is 0 Å². The van der Waals surface area contributed by atoms with Gasteiger partial charge < -0.3 is 7.96 Å². The van der Waals surface area contributed by atoms with E-state index in [9.17, 15) is 4.79 Å². The molecule has 0 bridgehead atoms. The summed E-state index contributed by atoms with van der Waals surface area (Å²) in [5, 5.41) is 8.02. The van der Waals surface area contributed by atoms with Gasteiger partial charge in [-0.15, -0.1) is 0 Å². The molecule has 0 atom stereocenters. The van der Waals surface area contributed by atoms with Crippen LogP contribution in [0, 0.1) is 0 Å². The van der Waals surface area contributed by atoms with Crippen LogP contribution in [-0.2, 0) is 4.79 Å². The Morgan fingerprint density at radius 1 is 1.56 bits per heavy atom. The molecule has 0 saturated carbocycles. The number of aliphatic carboxylic acids is 1. The fraction of sp³-hybridized carbons (Fsp3) is 0.167. The zero-order valence-corrected chi connectivity index (χ0v) is 8.85. The maximum Gasteiger partial charge on any atom is 2.00 e. The molecule has 0 rings (SSSR count). The predicted molar refractivity (Wildman–Crippen MR) is 39.6 cm³/mol. The summed E-state index contributed by atoms with van der Waals surface area (Å²) >= 11 is 0. The molecule has 0 amide bonds. The van der Waals surface area contributed by atoms with Gasteiger partial charge in [0.1, 0.15) is 0 Å². The second-order valence-corrected chi connectivity index (χ2v) is 1.22. The molecule has 0 radical (unpaired) electrons. The Morgan fingerprint density at radius 2 is 2.11 bits per heavy atom. The number of allylic oxidation sites excluding steroid dienone is 3. The summed E-state index contributed by atoms with van der Waals surface area (Å²) in [6, 6.07) is 0. The van der Waals surface area contributed by atoms with Gasteiger partial charge in [-0.05, 0) is 6.92 Å². The number of rotatable bonds is 2. The van der Waals surface area contributed by atoms with E-state index in [1.165, 1.54) is 6.08 Å². The monoisotopic (exact) mass is 202 g/mol. The van der Waals surface area contributed by atoms with Crippen molar-refractivity contribution in [2.45, 2.75) is 6.92 Å². The largest absolute Gasteiger partial charge is 2.00 e. The van der Waals surface area contributed by atoms with E-state index >= 15 is 0 Å². The quantitative estimate of drug-likeness (QED) is 0.412. The molecule has 2 nitrogen and oxygen atoms in total. The van der Waals surface area contributed by atoms with Crippen molar-refractivity contribution in [3.8, 4) is 0 Å². The van der Waals surface area contributed by atoms with Gasteiger partial charge in [-0.25, -0.2) is 4.79 Å². The van der Waals surface area contributed by atoms with Crippen LogP contribution >= 0.6 is 0 Å². The van der Waals surface area contributed by atoms with Crippen LogP contribution in [0.4, 0.5) is 0 Å². The summed E-state index contributed by atoms with van der Waals surface area (Å²) in [6.45, 7) is 1.83. The van der Waals surface area contributed by atoms with Crippen LogP contribution in [0.25, 0.3) is 0 Å². The van der Waals surface area contributed by atoms with E-state index < -0.39 is 5.97 Å².